The minimum Gasteiger partial charge on any atom is -0.492 e. The van der Waals surface area contributed by atoms with Gasteiger partial charge in [0, 0.05) is 36.0 Å². The molecule has 5 heterocycles. The zero-order valence-corrected chi connectivity index (χ0v) is 19.7. The van der Waals surface area contributed by atoms with E-state index in [1.54, 1.807) is 18.6 Å². The van der Waals surface area contributed by atoms with Crippen LogP contribution in [0.2, 0.25) is 0 Å². The maximum Gasteiger partial charge on any atom is 0.138 e. The van der Waals surface area contributed by atoms with E-state index in [9.17, 15) is 4.39 Å². The molecule has 0 atom stereocenters. The van der Waals surface area contributed by atoms with Gasteiger partial charge in [0.15, 0.2) is 0 Å². The minimum atomic E-state index is -0.359. The van der Waals surface area contributed by atoms with Crippen molar-refractivity contribution in [2.75, 3.05) is 27.2 Å². The van der Waals surface area contributed by atoms with Crippen molar-refractivity contribution < 1.29 is 9.13 Å². The number of H-pyrrole nitrogens is 3. The molecule has 6 aromatic rings. The maximum absolute atomic E-state index is 14.5. The first-order chi connectivity index (χ1) is 17.5. The van der Waals surface area contributed by atoms with Crippen LogP contribution in [0.25, 0.3) is 55.8 Å². The van der Waals surface area contributed by atoms with Crippen LogP contribution in [-0.4, -0.2) is 67.5 Å². The molecule has 36 heavy (non-hydrogen) atoms. The molecule has 180 valence electrons. The van der Waals surface area contributed by atoms with Gasteiger partial charge in [0.05, 0.1) is 23.1 Å². The molecule has 0 radical (unpaired) electrons. The molecule has 0 saturated heterocycles. The average Bonchev–Trinajstić information content (AvgIpc) is 3.62. The number of pyridine rings is 2. The van der Waals surface area contributed by atoms with E-state index in [0.29, 0.717) is 29.3 Å². The van der Waals surface area contributed by atoms with Gasteiger partial charge >= 0.3 is 0 Å². The van der Waals surface area contributed by atoms with Gasteiger partial charge in [0.2, 0.25) is 0 Å². The molecule has 0 bridgehead atoms. The molecule has 5 aromatic heterocycles. The first-order valence-corrected chi connectivity index (χ1v) is 11.5. The number of hydrogen-bond donors (Lipinski definition) is 3. The van der Waals surface area contributed by atoms with Gasteiger partial charge in [-0.25, -0.2) is 14.4 Å². The van der Waals surface area contributed by atoms with Crippen LogP contribution >= 0.6 is 0 Å². The molecule has 0 fully saturated rings. The monoisotopic (exact) mass is 482 g/mol. The molecule has 0 amide bonds. The first-order valence-electron chi connectivity index (χ1n) is 11.5. The predicted octanol–water partition coefficient (Wildman–Crippen LogP) is 4.64. The molecule has 3 N–H and O–H groups in total. The van der Waals surface area contributed by atoms with Gasteiger partial charge in [-0.1, -0.05) is 0 Å². The van der Waals surface area contributed by atoms with Crippen LogP contribution in [0.5, 0.6) is 5.75 Å². The van der Waals surface area contributed by atoms with Crippen molar-refractivity contribution in [2.45, 2.75) is 0 Å². The number of rotatable bonds is 7. The summed E-state index contributed by atoms with van der Waals surface area (Å²) >= 11 is 0. The lowest BCUT2D eigenvalue weighted by Crippen LogP contribution is -2.19. The van der Waals surface area contributed by atoms with Crippen LogP contribution in [0.1, 0.15) is 0 Å². The van der Waals surface area contributed by atoms with Crippen LogP contribution in [0, 0.1) is 5.82 Å². The predicted molar refractivity (Wildman–Crippen MR) is 136 cm³/mol. The van der Waals surface area contributed by atoms with Gasteiger partial charge in [0.25, 0.3) is 0 Å². The van der Waals surface area contributed by atoms with E-state index in [4.69, 9.17) is 9.72 Å². The van der Waals surface area contributed by atoms with Gasteiger partial charge in [-0.05, 0) is 61.6 Å². The Morgan fingerprint density at radius 1 is 1.06 bits per heavy atom. The molecule has 10 heteroatoms. The SMILES string of the molecule is CN(C)CCOc1cc(F)cc(-c2ccnc3[nH]c(-c4n[nH]c5ccc(-c6cn[nH]c6)nc45)cc23)c1. The van der Waals surface area contributed by atoms with Crippen LogP contribution in [-0.2, 0) is 0 Å². The van der Waals surface area contributed by atoms with Crippen molar-refractivity contribution in [3.8, 4) is 39.5 Å². The van der Waals surface area contributed by atoms with Crippen LogP contribution in [0.3, 0.4) is 0 Å². The van der Waals surface area contributed by atoms with Gasteiger partial charge < -0.3 is 14.6 Å². The maximum atomic E-state index is 14.5. The summed E-state index contributed by atoms with van der Waals surface area (Å²) in [6.45, 7) is 1.20. The van der Waals surface area contributed by atoms with E-state index < -0.39 is 0 Å². The van der Waals surface area contributed by atoms with Crippen molar-refractivity contribution >= 4 is 22.1 Å². The summed E-state index contributed by atoms with van der Waals surface area (Å²) in [6, 6.07) is 12.5. The Labute approximate surface area is 205 Å². The summed E-state index contributed by atoms with van der Waals surface area (Å²) in [5.74, 6) is 0.129. The zero-order valence-electron chi connectivity index (χ0n) is 19.7. The number of nitrogens with zero attached hydrogens (tertiary/aromatic N) is 5. The van der Waals surface area contributed by atoms with E-state index in [-0.39, 0.29) is 5.82 Å². The molecule has 1 aromatic carbocycles. The first kappa shape index (κ1) is 21.9. The highest BCUT2D eigenvalue weighted by Crippen LogP contribution is 2.34. The summed E-state index contributed by atoms with van der Waals surface area (Å²) in [5.41, 5.74) is 6.86. The smallest absolute Gasteiger partial charge is 0.138 e. The number of fused-ring (bicyclic) bond motifs is 2. The quantitative estimate of drug-likeness (QED) is 0.306. The number of aromatic nitrogens is 7. The fourth-order valence-electron chi connectivity index (χ4n) is 4.19. The van der Waals surface area contributed by atoms with Crippen molar-refractivity contribution in [3.05, 3.63) is 66.9 Å². The van der Waals surface area contributed by atoms with Crippen LogP contribution in [0.15, 0.2) is 61.1 Å². The minimum absolute atomic E-state index is 0.359. The van der Waals surface area contributed by atoms with E-state index in [1.807, 2.05) is 49.3 Å². The van der Waals surface area contributed by atoms with Crippen molar-refractivity contribution in [3.63, 3.8) is 0 Å². The lowest BCUT2D eigenvalue weighted by atomic mass is 10.0. The van der Waals surface area contributed by atoms with Crippen molar-refractivity contribution in [1.29, 1.82) is 0 Å². The summed E-state index contributed by atoms with van der Waals surface area (Å²) < 4.78 is 20.3. The van der Waals surface area contributed by atoms with E-state index in [1.165, 1.54) is 12.1 Å². The third kappa shape index (κ3) is 4.07. The number of hydrogen-bond acceptors (Lipinski definition) is 6. The molecular formula is C26H23FN8O. The second-order valence-electron chi connectivity index (χ2n) is 8.78. The Kier molecular flexibility index (Phi) is 5.42. The number of benzene rings is 1. The summed E-state index contributed by atoms with van der Waals surface area (Å²) in [5, 5.41) is 15.2. The topological polar surface area (TPSA) is 111 Å². The molecule has 0 aliphatic carbocycles. The molecule has 0 aliphatic rings. The molecule has 0 spiro atoms. The summed E-state index contributed by atoms with van der Waals surface area (Å²) in [6.07, 6.45) is 5.22. The Morgan fingerprint density at radius 3 is 2.81 bits per heavy atom. The van der Waals surface area contributed by atoms with Crippen LogP contribution < -0.4 is 4.74 Å². The van der Waals surface area contributed by atoms with Gasteiger partial charge in [-0.3, -0.25) is 10.2 Å². The highest BCUT2D eigenvalue weighted by molar-refractivity contribution is 5.99. The van der Waals surface area contributed by atoms with Crippen molar-refractivity contribution in [2.24, 2.45) is 0 Å². The van der Waals surface area contributed by atoms with Gasteiger partial charge in [0.1, 0.15) is 35.0 Å². The van der Waals surface area contributed by atoms with E-state index >= 15 is 0 Å². The van der Waals surface area contributed by atoms with Crippen molar-refractivity contribution in [1.82, 2.24) is 40.2 Å². The highest BCUT2D eigenvalue weighted by Gasteiger charge is 2.17. The highest BCUT2D eigenvalue weighted by atomic mass is 19.1. The Hall–Kier alpha value is -4.57. The Morgan fingerprint density at radius 2 is 1.97 bits per heavy atom. The lowest BCUT2D eigenvalue weighted by Gasteiger charge is -2.12. The molecular weight excluding hydrogens is 459 g/mol. The molecule has 6 rings (SSSR count). The van der Waals surface area contributed by atoms with E-state index in [2.05, 4.69) is 30.4 Å². The molecule has 0 aliphatic heterocycles. The number of likely N-dealkylation sites (N-methyl/N-ethyl adjacent to an activating group) is 1. The zero-order chi connectivity index (χ0) is 24.6. The summed E-state index contributed by atoms with van der Waals surface area (Å²) in [7, 11) is 3.93. The Bertz CT molecular complexity index is 1670. The fraction of sp³-hybridized carbons (Fsp3) is 0.154. The second-order valence-corrected chi connectivity index (χ2v) is 8.78. The average molecular weight is 483 g/mol. The largest absolute Gasteiger partial charge is 0.492 e. The Balaban J connectivity index is 1.41. The standard InChI is InChI=1S/C26H23FN8O/c1-35(2)7-8-36-18-10-15(9-17(27)11-18)19-5-6-28-26-20(19)12-23(32-26)25-24-22(33-34-25)4-3-21(31-24)16-13-29-30-14-16/h3-6,9-14H,7-8H2,1-2H3,(H,28,32)(H,29,30)(H,33,34). The van der Waals surface area contributed by atoms with Gasteiger partial charge in [-0.15, -0.1) is 0 Å². The van der Waals surface area contributed by atoms with Gasteiger partial charge in [-0.2, -0.15) is 10.2 Å². The molecule has 0 saturated carbocycles. The third-order valence-corrected chi connectivity index (χ3v) is 5.98. The second kappa shape index (κ2) is 8.90. The lowest BCUT2D eigenvalue weighted by molar-refractivity contribution is 0.260. The number of halogens is 1. The molecule has 0 unspecified atom stereocenters. The fourth-order valence-corrected chi connectivity index (χ4v) is 4.19. The summed E-state index contributed by atoms with van der Waals surface area (Å²) in [4.78, 5) is 14.7. The molecule has 9 nitrogen and oxygen atoms in total. The van der Waals surface area contributed by atoms with Crippen LogP contribution in [0.4, 0.5) is 4.39 Å². The number of aromatic amines is 3. The third-order valence-electron chi connectivity index (χ3n) is 5.98. The normalized spacial score (nSPS) is 11.7. The number of nitrogens with one attached hydrogen (secondary N) is 3. The van der Waals surface area contributed by atoms with E-state index in [0.717, 1.165) is 45.5 Å². The number of ether oxygens (including phenoxy) is 1.